The molecule has 0 aliphatic carbocycles. The number of piperidine rings is 1. The highest BCUT2D eigenvalue weighted by atomic mass is 35.5. The van der Waals surface area contributed by atoms with E-state index in [9.17, 15) is 23.4 Å². The summed E-state index contributed by atoms with van der Waals surface area (Å²) in [6, 6.07) is 40.4. The first kappa shape index (κ1) is 48.6. The summed E-state index contributed by atoms with van der Waals surface area (Å²) in [5.74, 6) is -0.167. The van der Waals surface area contributed by atoms with Crippen LogP contribution in [0.4, 0.5) is 17.1 Å². The quantitative estimate of drug-likeness (QED) is 0.0758. The number of nitrogens with zero attached hydrogens (tertiary/aromatic N) is 4. The number of likely N-dealkylation sites (tertiary alicyclic amines) is 1. The molecule has 0 unspecified atom stereocenters. The lowest BCUT2D eigenvalue weighted by atomic mass is 9.96. The Hall–Kier alpha value is -4.89. The van der Waals surface area contributed by atoms with Gasteiger partial charge in [-0.2, -0.15) is 0 Å². The topological polar surface area (TPSA) is 118 Å². The van der Waals surface area contributed by atoms with Gasteiger partial charge in [-0.3, -0.25) is 0 Å². The lowest BCUT2D eigenvalue weighted by Gasteiger charge is -2.37. The van der Waals surface area contributed by atoms with Crippen LogP contribution in [0.2, 0.25) is 5.02 Å². The van der Waals surface area contributed by atoms with Crippen molar-refractivity contribution in [1.29, 1.82) is 0 Å². The number of anilines is 3. The van der Waals surface area contributed by atoms with Crippen molar-refractivity contribution in [1.82, 2.24) is 9.47 Å². The van der Waals surface area contributed by atoms with Gasteiger partial charge in [0, 0.05) is 112 Å². The predicted octanol–water partition coefficient (Wildman–Crippen LogP) is 11.4. The molecule has 0 saturated carbocycles. The molecule has 14 heteroatoms. The van der Waals surface area contributed by atoms with Crippen LogP contribution in [0.1, 0.15) is 55.2 Å². The number of piperazine rings is 1. The van der Waals surface area contributed by atoms with Crippen LogP contribution in [-0.4, -0.2) is 104 Å². The molecule has 5 aromatic carbocycles. The minimum Gasteiger partial charge on any atom is -0.478 e. The molecule has 1 aromatic heterocycles. The fourth-order valence-electron chi connectivity index (χ4n) is 9.33. The Morgan fingerprint density at radius 3 is 2.07 bits per heavy atom. The number of carbonyl (C=O) groups is 1. The van der Waals surface area contributed by atoms with Crippen LogP contribution in [0.5, 0.6) is 0 Å². The number of carboxylic acid groups (broad SMARTS) is 1. The molecule has 6 aromatic rings. The smallest absolute Gasteiger partial charge is 0.338 e. The monoisotopic (exact) mass is 977 g/mol. The number of carboxylic acids is 1. The van der Waals surface area contributed by atoms with E-state index in [1.54, 1.807) is 29.6 Å². The molecule has 352 valence electrons. The number of aliphatic hydroxyl groups excluding tert-OH is 1. The lowest BCUT2D eigenvalue weighted by Crippen LogP contribution is -2.46. The number of hydrogen-bond donors (Lipinski definition) is 3. The first-order valence-corrected chi connectivity index (χ1v) is 27.1. The number of aromatic carboxylic acids is 1. The fraction of sp³-hybridized carbons (Fsp3) is 0.340. The average Bonchev–Trinajstić information content (AvgIpc) is 3.64. The van der Waals surface area contributed by atoms with Crippen LogP contribution in [-0.2, 0) is 9.84 Å². The van der Waals surface area contributed by atoms with Gasteiger partial charge in [0.05, 0.1) is 27.9 Å². The highest BCUT2D eigenvalue weighted by molar-refractivity contribution is 7.99. The molecule has 10 nitrogen and oxygen atoms in total. The van der Waals surface area contributed by atoms with Crippen LogP contribution in [0, 0.1) is 6.92 Å². The summed E-state index contributed by atoms with van der Waals surface area (Å²) in [5, 5.41) is 24.8. The molecule has 67 heavy (non-hydrogen) atoms. The van der Waals surface area contributed by atoms with Gasteiger partial charge in [0.25, 0.3) is 0 Å². The van der Waals surface area contributed by atoms with Gasteiger partial charge in [-0.25, -0.2) is 13.2 Å². The number of hydrogen-bond acceptors (Lipinski definition) is 10. The minimum atomic E-state index is -3.55. The van der Waals surface area contributed by atoms with Gasteiger partial charge in [0.15, 0.2) is 9.84 Å². The van der Waals surface area contributed by atoms with Crippen molar-refractivity contribution in [2.24, 2.45) is 0 Å². The maximum atomic E-state index is 13.3. The number of benzene rings is 5. The number of aromatic nitrogens is 1. The third-order valence-corrected chi connectivity index (χ3v) is 16.3. The predicted molar refractivity (Wildman–Crippen MR) is 278 cm³/mol. The van der Waals surface area contributed by atoms with Crippen LogP contribution in [0.25, 0.3) is 22.4 Å². The summed E-state index contributed by atoms with van der Waals surface area (Å²) in [5.41, 5.74) is 7.18. The fourth-order valence-corrected chi connectivity index (χ4v) is 12.3. The van der Waals surface area contributed by atoms with Crippen molar-refractivity contribution in [2.45, 2.75) is 77.8 Å². The summed E-state index contributed by atoms with van der Waals surface area (Å²) in [6.07, 6.45) is 3.47. The van der Waals surface area contributed by atoms with E-state index in [0.717, 1.165) is 115 Å². The standard InChI is InChI=1S/C53H60ClN5O5S3/c1-36(2)59-37(3)50(53(61)62)51(52(59)38-13-15-40(54)16-14-38)39-9-8-10-43(33-39)58-31-29-57(30-32-58)42-17-19-46(20-18-42)66-47-21-22-48(49(34-47)67(4,63)64)55-41(35-65-45-11-6-5-7-12-45)23-26-56-27-24-44(60)25-28-56/h5-22,33-34,36,41,44,55,60H,23-32,35H2,1-4H3,(H,61,62)/t41-/m1/s1. The van der Waals surface area contributed by atoms with Crippen molar-refractivity contribution >= 4 is 68.0 Å². The summed E-state index contributed by atoms with van der Waals surface area (Å²) >= 11 is 9.59. The van der Waals surface area contributed by atoms with Crippen molar-refractivity contribution in [3.8, 4) is 22.4 Å². The lowest BCUT2D eigenvalue weighted by molar-refractivity contribution is 0.0696. The normalized spacial score (nSPS) is 15.6. The third kappa shape index (κ3) is 11.9. The number of nitrogens with one attached hydrogen (secondary N) is 1. The molecule has 0 radical (unpaired) electrons. The molecule has 0 amide bonds. The average molecular weight is 979 g/mol. The van der Waals surface area contributed by atoms with Gasteiger partial charge < -0.3 is 34.8 Å². The molecular weight excluding hydrogens is 918 g/mol. The summed E-state index contributed by atoms with van der Waals surface area (Å²) in [6.45, 7) is 11.9. The number of thioether (sulfide) groups is 1. The number of sulfone groups is 1. The molecule has 2 aliphatic heterocycles. The van der Waals surface area contributed by atoms with Gasteiger partial charge in [-0.1, -0.05) is 65.8 Å². The largest absolute Gasteiger partial charge is 0.478 e. The van der Waals surface area contributed by atoms with Crippen molar-refractivity contribution in [3.05, 3.63) is 138 Å². The SMILES string of the molecule is Cc1c(C(=O)O)c(-c2cccc(N3CCN(c4ccc(Sc5ccc(N[C@H](CCN6CCC(O)CC6)CSc6ccccc6)c(S(C)(=O)=O)c5)cc4)CC3)c2)c(-c2ccc(Cl)cc2)n1C(C)C. The number of aliphatic hydroxyl groups is 1. The van der Waals surface area contributed by atoms with E-state index in [2.05, 4.69) is 87.0 Å². The maximum Gasteiger partial charge on any atom is 0.338 e. The third-order valence-electron chi connectivity index (χ3n) is 12.8. The van der Waals surface area contributed by atoms with Crippen molar-refractivity contribution < 1.29 is 23.4 Å². The molecule has 0 bridgehead atoms. The highest BCUT2D eigenvalue weighted by Gasteiger charge is 2.29. The Morgan fingerprint density at radius 2 is 1.43 bits per heavy atom. The molecule has 0 spiro atoms. The zero-order valence-electron chi connectivity index (χ0n) is 38.6. The molecular formula is C53H60ClN5O5S3. The Bertz CT molecular complexity index is 2750. The van der Waals surface area contributed by atoms with Crippen LogP contribution in [0.3, 0.4) is 0 Å². The Kier molecular flexibility index (Phi) is 15.7. The van der Waals surface area contributed by atoms with Crippen molar-refractivity contribution in [3.63, 3.8) is 0 Å². The van der Waals surface area contributed by atoms with Gasteiger partial charge in [-0.05, 0) is 130 Å². The second-order valence-electron chi connectivity index (χ2n) is 17.8. The van der Waals surface area contributed by atoms with E-state index >= 15 is 0 Å². The zero-order valence-corrected chi connectivity index (χ0v) is 41.8. The zero-order chi connectivity index (χ0) is 47.2. The number of rotatable bonds is 17. The molecule has 3 N–H and O–H groups in total. The summed E-state index contributed by atoms with van der Waals surface area (Å²) < 4.78 is 28.7. The molecule has 1 atom stereocenters. The first-order valence-electron chi connectivity index (χ1n) is 23.0. The maximum absolute atomic E-state index is 13.3. The van der Waals surface area contributed by atoms with E-state index in [4.69, 9.17) is 11.6 Å². The summed E-state index contributed by atoms with van der Waals surface area (Å²) in [4.78, 5) is 23.4. The van der Waals surface area contributed by atoms with Crippen LogP contribution >= 0.6 is 35.1 Å². The summed E-state index contributed by atoms with van der Waals surface area (Å²) in [7, 11) is -3.55. The van der Waals surface area contributed by atoms with Gasteiger partial charge >= 0.3 is 5.97 Å². The number of halogens is 1. The van der Waals surface area contributed by atoms with E-state index in [1.807, 2.05) is 73.7 Å². The van der Waals surface area contributed by atoms with E-state index in [-0.39, 0.29) is 18.2 Å². The van der Waals surface area contributed by atoms with Gasteiger partial charge in [0.1, 0.15) is 0 Å². The van der Waals surface area contributed by atoms with E-state index in [0.29, 0.717) is 26.7 Å². The highest BCUT2D eigenvalue weighted by Crippen LogP contribution is 2.43. The Balaban J connectivity index is 0.935. The second kappa shape index (κ2) is 21.6. The molecule has 8 rings (SSSR count). The molecule has 2 aliphatic rings. The van der Waals surface area contributed by atoms with E-state index < -0.39 is 15.8 Å². The second-order valence-corrected chi connectivity index (χ2v) is 22.5. The van der Waals surface area contributed by atoms with Gasteiger partial charge in [0.2, 0.25) is 0 Å². The van der Waals surface area contributed by atoms with Crippen molar-refractivity contribution in [2.75, 3.05) is 72.9 Å². The van der Waals surface area contributed by atoms with Gasteiger partial charge in [-0.15, -0.1) is 11.8 Å². The molecule has 2 saturated heterocycles. The Labute approximate surface area is 409 Å². The first-order chi connectivity index (χ1) is 32.2. The molecule has 2 fully saturated rings. The Morgan fingerprint density at radius 1 is 0.776 bits per heavy atom. The minimum absolute atomic E-state index is 0.0315. The van der Waals surface area contributed by atoms with Crippen LogP contribution < -0.4 is 15.1 Å². The van der Waals surface area contributed by atoms with E-state index in [1.165, 1.54) is 11.2 Å². The molecule has 3 heterocycles. The van der Waals surface area contributed by atoms with Crippen LogP contribution in [0.15, 0.2) is 141 Å².